The highest BCUT2D eigenvalue weighted by Crippen LogP contribution is 2.24. The molecule has 0 radical (unpaired) electrons. The van der Waals surface area contributed by atoms with Gasteiger partial charge in [0.1, 0.15) is 17.5 Å². The van der Waals surface area contributed by atoms with Crippen LogP contribution in [0.25, 0.3) is 10.9 Å². The fourth-order valence-corrected chi connectivity index (χ4v) is 4.38. The molecule has 0 aliphatic carbocycles. The number of nitrogens with zero attached hydrogens (tertiary/aromatic N) is 1. The number of rotatable bonds is 5. The number of H-pyrrole nitrogens is 1. The molecule has 1 aromatic heterocycles. The summed E-state index contributed by atoms with van der Waals surface area (Å²) in [5.74, 6) is -2.23. The minimum absolute atomic E-state index is 0.0655. The van der Waals surface area contributed by atoms with Gasteiger partial charge in [0.25, 0.3) is 15.6 Å². The van der Waals surface area contributed by atoms with Crippen LogP contribution in [0.1, 0.15) is 5.56 Å². The van der Waals surface area contributed by atoms with E-state index in [9.17, 15) is 26.4 Å². The third-order valence-corrected chi connectivity index (χ3v) is 6.23. The fraction of sp³-hybridized carbons (Fsp3) is 0.0500. The molecule has 0 saturated carbocycles. The SMILES string of the molecule is O=c1[nH]n(Cc2ccc(F)cc2F)c2ccc(NS(=O)(=O)c3ccc(F)c(Cl)c3)cc12. The van der Waals surface area contributed by atoms with E-state index >= 15 is 0 Å². The number of halogens is 4. The molecule has 0 aliphatic rings. The molecule has 0 saturated heterocycles. The lowest BCUT2D eigenvalue weighted by Crippen LogP contribution is -2.13. The third kappa shape index (κ3) is 4.17. The standard InChI is InChI=1S/C20H13ClF3N3O3S/c21-16-9-14(4-5-17(16)23)31(29,30)26-13-3-6-19-15(8-13)20(28)25-27(19)10-11-1-2-12(22)7-18(11)24/h1-9,26H,10H2,(H,25,28). The van der Waals surface area contributed by atoms with Crippen LogP contribution in [0.15, 0.2) is 64.3 Å². The van der Waals surface area contributed by atoms with Gasteiger partial charge in [0.05, 0.1) is 27.4 Å². The molecule has 0 fully saturated rings. The largest absolute Gasteiger partial charge is 0.280 e. The molecule has 0 spiro atoms. The van der Waals surface area contributed by atoms with E-state index in [0.717, 1.165) is 30.3 Å². The Balaban J connectivity index is 1.66. The number of nitrogens with one attached hydrogen (secondary N) is 2. The Hall–Kier alpha value is -3.24. The van der Waals surface area contributed by atoms with Gasteiger partial charge in [0.15, 0.2) is 0 Å². The number of benzene rings is 3. The summed E-state index contributed by atoms with van der Waals surface area (Å²) in [4.78, 5) is 12.1. The van der Waals surface area contributed by atoms with Crippen LogP contribution in [-0.4, -0.2) is 18.2 Å². The van der Waals surface area contributed by atoms with E-state index in [-0.39, 0.29) is 33.1 Å². The molecular formula is C20H13ClF3N3O3S. The predicted octanol–water partition coefficient (Wildman–Crippen LogP) is 4.25. The second-order valence-corrected chi connectivity index (χ2v) is 8.77. The van der Waals surface area contributed by atoms with Gasteiger partial charge in [0, 0.05) is 17.3 Å². The van der Waals surface area contributed by atoms with Gasteiger partial charge in [-0.15, -0.1) is 0 Å². The summed E-state index contributed by atoms with van der Waals surface area (Å²) < 4.78 is 69.1. The molecule has 0 atom stereocenters. The van der Waals surface area contributed by atoms with Crippen molar-refractivity contribution in [2.75, 3.05) is 4.72 Å². The topological polar surface area (TPSA) is 84.0 Å². The van der Waals surface area contributed by atoms with Crippen molar-refractivity contribution in [3.8, 4) is 0 Å². The molecule has 4 aromatic rings. The quantitative estimate of drug-likeness (QED) is 0.460. The molecule has 4 rings (SSSR count). The third-order valence-electron chi connectivity index (χ3n) is 4.57. The Morgan fingerprint density at radius 3 is 2.45 bits per heavy atom. The zero-order valence-electron chi connectivity index (χ0n) is 15.5. The van der Waals surface area contributed by atoms with Gasteiger partial charge in [0.2, 0.25) is 0 Å². The van der Waals surface area contributed by atoms with Crippen LogP contribution >= 0.6 is 11.6 Å². The van der Waals surface area contributed by atoms with E-state index in [0.29, 0.717) is 5.52 Å². The van der Waals surface area contributed by atoms with Gasteiger partial charge in [-0.05, 0) is 42.5 Å². The van der Waals surface area contributed by atoms with Crippen molar-refractivity contribution in [1.82, 2.24) is 9.78 Å². The molecule has 0 unspecified atom stereocenters. The summed E-state index contributed by atoms with van der Waals surface area (Å²) in [7, 11) is -4.09. The lowest BCUT2D eigenvalue weighted by molar-refractivity contribution is 0.560. The summed E-state index contributed by atoms with van der Waals surface area (Å²) in [5, 5.41) is 2.35. The maximum Gasteiger partial charge on any atom is 0.272 e. The van der Waals surface area contributed by atoms with Gasteiger partial charge in [-0.2, -0.15) is 0 Å². The van der Waals surface area contributed by atoms with Gasteiger partial charge >= 0.3 is 0 Å². The second kappa shape index (κ2) is 7.78. The summed E-state index contributed by atoms with van der Waals surface area (Å²) in [5.41, 5.74) is 0.113. The van der Waals surface area contributed by atoms with Crippen molar-refractivity contribution >= 4 is 38.2 Å². The number of hydrogen-bond acceptors (Lipinski definition) is 3. The van der Waals surface area contributed by atoms with E-state index in [1.54, 1.807) is 0 Å². The molecule has 3 aromatic carbocycles. The van der Waals surface area contributed by atoms with E-state index in [1.165, 1.54) is 28.9 Å². The minimum atomic E-state index is -4.09. The summed E-state index contributed by atoms with van der Waals surface area (Å²) >= 11 is 5.65. The van der Waals surface area contributed by atoms with Crippen LogP contribution in [0.2, 0.25) is 5.02 Å². The Morgan fingerprint density at radius 1 is 0.968 bits per heavy atom. The zero-order valence-corrected chi connectivity index (χ0v) is 17.1. The highest BCUT2D eigenvalue weighted by Gasteiger charge is 2.17. The average Bonchev–Trinajstić information content (AvgIpc) is 3.01. The monoisotopic (exact) mass is 467 g/mol. The van der Waals surface area contributed by atoms with E-state index in [1.807, 2.05) is 0 Å². The molecule has 1 heterocycles. The van der Waals surface area contributed by atoms with Crippen LogP contribution < -0.4 is 10.3 Å². The molecule has 31 heavy (non-hydrogen) atoms. The Bertz CT molecular complexity index is 1480. The van der Waals surface area contributed by atoms with Crippen LogP contribution in [0.3, 0.4) is 0 Å². The molecule has 0 bridgehead atoms. The van der Waals surface area contributed by atoms with Crippen molar-refractivity contribution in [2.45, 2.75) is 11.4 Å². The first-order chi connectivity index (χ1) is 14.6. The van der Waals surface area contributed by atoms with Crippen molar-refractivity contribution in [3.05, 3.63) is 93.0 Å². The molecule has 2 N–H and O–H groups in total. The number of hydrogen-bond donors (Lipinski definition) is 2. The molecule has 11 heteroatoms. The number of aromatic nitrogens is 2. The predicted molar refractivity (Wildman–Crippen MR) is 110 cm³/mol. The molecule has 160 valence electrons. The first-order valence-electron chi connectivity index (χ1n) is 8.78. The number of fused-ring (bicyclic) bond motifs is 1. The van der Waals surface area contributed by atoms with E-state index < -0.39 is 33.0 Å². The minimum Gasteiger partial charge on any atom is -0.280 e. The Morgan fingerprint density at radius 2 is 1.74 bits per heavy atom. The smallest absolute Gasteiger partial charge is 0.272 e. The summed E-state index contributed by atoms with van der Waals surface area (Å²) in [6.07, 6.45) is 0. The summed E-state index contributed by atoms with van der Waals surface area (Å²) in [6.45, 7) is -0.0655. The first kappa shape index (κ1) is 21.0. The van der Waals surface area contributed by atoms with Gasteiger partial charge in [-0.3, -0.25) is 19.3 Å². The van der Waals surface area contributed by atoms with Gasteiger partial charge in [-0.1, -0.05) is 17.7 Å². The highest BCUT2D eigenvalue weighted by atomic mass is 35.5. The Kier molecular flexibility index (Phi) is 5.28. The number of sulfonamides is 1. The first-order valence-corrected chi connectivity index (χ1v) is 10.6. The Labute approximate surface area is 178 Å². The van der Waals surface area contributed by atoms with Gasteiger partial charge in [-0.25, -0.2) is 21.6 Å². The molecule has 6 nitrogen and oxygen atoms in total. The van der Waals surface area contributed by atoms with Crippen LogP contribution in [-0.2, 0) is 16.6 Å². The summed E-state index contributed by atoms with van der Waals surface area (Å²) in [6, 6.07) is 10.3. The van der Waals surface area contributed by atoms with Crippen molar-refractivity contribution < 1.29 is 21.6 Å². The highest BCUT2D eigenvalue weighted by molar-refractivity contribution is 7.92. The molecular weight excluding hydrogens is 455 g/mol. The van der Waals surface area contributed by atoms with Crippen LogP contribution in [0, 0.1) is 17.5 Å². The number of anilines is 1. The maximum atomic E-state index is 14.0. The van der Waals surface area contributed by atoms with Crippen molar-refractivity contribution in [2.24, 2.45) is 0 Å². The van der Waals surface area contributed by atoms with Crippen LogP contribution in [0.5, 0.6) is 0 Å². The van der Waals surface area contributed by atoms with Crippen LogP contribution in [0.4, 0.5) is 18.9 Å². The maximum absolute atomic E-state index is 14.0. The lowest BCUT2D eigenvalue weighted by atomic mass is 10.2. The molecule has 0 aliphatic heterocycles. The average molecular weight is 468 g/mol. The van der Waals surface area contributed by atoms with E-state index in [4.69, 9.17) is 11.6 Å². The fourth-order valence-electron chi connectivity index (χ4n) is 3.06. The zero-order chi connectivity index (χ0) is 22.3. The van der Waals surface area contributed by atoms with Crippen molar-refractivity contribution in [1.29, 1.82) is 0 Å². The molecule has 0 amide bonds. The van der Waals surface area contributed by atoms with Crippen molar-refractivity contribution in [3.63, 3.8) is 0 Å². The second-order valence-electron chi connectivity index (χ2n) is 6.68. The van der Waals surface area contributed by atoms with Gasteiger partial charge < -0.3 is 0 Å². The number of aromatic amines is 1. The van der Waals surface area contributed by atoms with E-state index in [2.05, 4.69) is 9.82 Å². The lowest BCUT2D eigenvalue weighted by Gasteiger charge is -2.10. The normalized spacial score (nSPS) is 11.7.